The fourth-order valence-corrected chi connectivity index (χ4v) is 1.94. The number of carbonyl (C=O) groups is 1. The van der Waals surface area contributed by atoms with Crippen LogP contribution in [0.1, 0.15) is 11.1 Å². The molecule has 0 radical (unpaired) electrons. The predicted octanol–water partition coefficient (Wildman–Crippen LogP) is 4.66. The van der Waals surface area contributed by atoms with Gasteiger partial charge in [0.25, 0.3) is 0 Å². The molecule has 0 fully saturated rings. The Labute approximate surface area is 147 Å². The molecule has 0 heterocycles. The highest BCUT2D eigenvalue weighted by Crippen LogP contribution is 2.26. The average Bonchev–Trinajstić information content (AvgIpc) is 2.59. The van der Waals surface area contributed by atoms with Crippen molar-refractivity contribution in [3.63, 3.8) is 0 Å². The van der Waals surface area contributed by atoms with Crippen molar-refractivity contribution in [3.05, 3.63) is 71.6 Å². The van der Waals surface area contributed by atoms with Gasteiger partial charge in [0.05, 0.1) is 0 Å². The Morgan fingerprint density at radius 1 is 1.12 bits per heavy atom. The normalized spacial score (nSPS) is 11.4. The first kappa shape index (κ1) is 19.3. The van der Waals surface area contributed by atoms with Crippen molar-refractivity contribution in [1.29, 1.82) is 0 Å². The van der Waals surface area contributed by atoms with Gasteiger partial charge in [-0.1, -0.05) is 48.6 Å². The number of amides is 1. The summed E-state index contributed by atoms with van der Waals surface area (Å²) in [5.74, 6) is -2.04. The molecule has 0 aliphatic carbocycles. The fourth-order valence-electron chi connectivity index (χ4n) is 1.94. The summed E-state index contributed by atoms with van der Waals surface area (Å²) < 4.78 is 58.2. The van der Waals surface area contributed by atoms with E-state index in [0.29, 0.717) is 5.56 Å². The number of hydrogen-bond acceptors (Lipinski definition) is 3. The van der Waals surface area contributed by atoms with Gasteiger partial charge in [0, 0.05) is 6.54 Å². The van der Waals surface area contributed by atoms with Crippen LogP contribution in [0, 0.1) is 5.82 Å². The molecule has 2 aromatic carbocycles. The molecule has 0 spiro atoms. The lowest BCUT2D eigenvalue weighted by Crippen LogP contribution is -2.24. The lowest BCUT2D eigenvalue weighted by Gasteiger charge is -2.09. The van der Waals surface area contributed by atoms with Crippen LogP contribution in [0.25, 0.3) is 6.08 Å². The molecule has 0 saturated carbocycles. The third-order valence-electron chi connectivity index (χ3n) is 3.07. The van der Waals surface area contributed by atoms with Gasteiger partial charge >= 0.3 is 12.5 Å². The van der Waals surface area contributed by atoms with Crippen molar-refractivity contribution in [1.82, 2.24) is 5.32 Å². The van der Waals surface area contributed by atoms with Crippen LogP contribution in [-0.4, -0.2) is 19.0 Å². The smallest absolute Gasteiger partial charge is 0.445 e. The van der Waals surface area contributed by atoms with Gasteiger partial charge < -0.3 is 14.8 Å². The summed E-state index contributed by atoms with van der Waals surface area (Å²) in [6, 6.07) is 12.2. The van der Waals surface area contributed by atoms with Crippen molar-refractivity contribution in [2.75, 3.05) is 6.54 Å². The summed E-state index contributed by atoms with van der Waals surface area (Å²) >= 11 is 0. The van der Waals surface area contributed by atoms with E-state index < -0.39 is 24.0 Å². The van der Waals surface area contributed by atoms with Crippen molar-refractivity contribution in [2.45, 2.75) is 13.0 Å². The lowest BCUT2D eigenvalue weighted by molar-refractivity contribution is -0.275. The van der Waals surface area contributed by atoms with Crippen molar-refractivity contribution >= 4 is 12.2 Å². The monoisotopic (exact) mass is 369 g/mol. The number of alkyl halides is 3. The number of rotatable bonds is 6. The zero-order chi connectivity index (χ0) is 19.0. The van der Waals surface area contributed by atoms with Gasteiger partial charge in [0.15, 0.2) is 11.6 Å². The number of nitrogens with one attached hydrogen (secondary N) is 1. The average molecular weight is 369 g/mol. The largest absolute Gasteiger partial charge is 0.573 e. The zero-order valence-electron chi connectivity index (χ0n) is 13.4. The molecule has 2 rings (SSSR count). The van der Waals surface area contributed by atoms with Gasteiger partial charge in [0.1, 0.15) is 6.61 Å². The Morgan fingerprint density at radius 2 is 1.85 bits per heavy atom. The van der Waals surface area contributed by atoms with Crippen LogP contribution in [0.3, 0.4) is 0 Å². The van der Waals surface area contributed by atoms with E-state index in [1.54, 1.807) is 0 Å². The summed E-state index contributed by atoms with van der Waals surface area (Å²) in [4.78, 5) is 11.5. The van der Waals surface area contributed by atoms with E-state index in [4.69, 9.17) is 4.74 Å². The Kier molecular flexibility index (Phi) is 6.60. The molecule has 4 nitrogen and oxygen atoms in total. The number of benzene rings is 2. The Bertz CT molecular complexity index is 761. The van der Waals surface area contributed by atoms with E-state index in [9.17, 15) is 22.4 Å². The molecule has 0 unspecified atom stereocenters. The SMILES string of the molecule is O=C(NCC=Cc1ccc(OC(F)(F)F)c(F)c1)OCc1ccccc1. The second kappa shape index (κ2) is 8.89. The number of halogens is 4. The molecule has 1 N–H and O–H groups in total. The molecular formula is C18H15F4NO3. The Morgan fingerprint density at radius 3 is 2.50 bits per heavy atom. The van der Waals surface area contributed by atoms with E-state index in [0.717, 1.165) is 17.7 Å². The summed E-state index contributed by atoms with van der Waals surface area (Å²) in [5.41, 5.74) is 1.16. The molecule has 0 aliphatic rings. The maximum absolute atomic E-state index is 13.5. The summed E-state index contributed by atoms with van der Waals surface area (Å²) in [5, 5.41) is 2.47. The third-order valence-corrected chi connectivity index (χ3v) is 3.07. The standard InChI is InChI=1S/C18H15F4NO3/c19-15-11-13(8-9-16(15)26-18(20,21)22)7-4-10-23-17(24)25-12-14-5-2-1-3-6-14/h1-9,11H,10,12H2,(H,23,24). The van der Waals surface area contributed by atoms with Crippen molar-refractivity contribution in [3.8, 4) is 5.75 Å². The highest BCUT2D eigenvalue weighted by atomic mass is 19.4. The van der Waals surface area contributed by atoms with Crippen LogP contribution in [0.4, 0.5) is 22.4 Å². The zero-order valence-corrected chi connectivity index (χ0v) is 13.4. The molecule has 1 amide bonds. The minimum Gasteiger partial charge on any atom is -0.445 e. The van der Waals surface area contributed by atoms with Gasteiger partial charge in [-0.3, -0.25) is 0 Å². The summed E-state index contributed by atoms with van der Waals surface area (Å²) in [7, 11) is 0. The molecular weight excluding hydrogens is 354 g/mol. The maximum atomic E-state index is 13.5. The highest BCUT2D eigenvalue weighted by Gasteiger charge is 2.32. The van der Waals surface area contributed by atoms with E-state index in [2.05, 4.69) is 10.1 Å². The second-order valence-electron chi connectivity index (χ2n) is 5.08. The van der Waals surface area contributed by atoms with E-state index in [-0.39, 0.29) is 13.2 Å². The minimum atomic E-state index is -4.96. The Balaban J connectivity index is 1.77. The van der Waals surface area contributed by atoms with E-state index in [1.807, 2.05) is 30.3 Å². The molecule has 8 heteroatoms. The second-order valence-corrected chi connectivity index (χ2v) is 5.08. The molecule has 2 aromatic rings. The minimum absolute atomic E-state index is 0.107. The molecule has 26 heavy (non-hydrogen) atoms. The quantitative estimate of drug-likeness (QED) is 0.753. The van der Waals surface area contributed by atoms with Gasteiger partial charge in [-0.05, 0) is 23.3 Å². The number of hydrogen-bond donors (Lipinski definition) is 1. The highest BCUT2D eigenvalue weighted by molar-refractivity contribution is 5.67. The van der Waals surface area contributed by atoms with Crippen molar-refractivity contribution in [2.24, 2.45) is 0 Å². The first-order valence-corrected chi connectivity index (χ1v) is 7.50. The molecule has 0 aromatic heterocycles. The molecule has 0 aliphatic heterocycles. The van der Waals surface area contributed by atoms with Gasteiger partial charge in [-0.2, -0.15) is 0 Å². The van der Waals surface area contributed by atoms with Crippen LogP contribution < -0.4 is 10.1 Å². The third kappa shape index (κ3) is 6.84. The van der Waals surface area contributed by atoms with Gasteiger partial charge in [0.2, 0.25) is 0 Å². The molecule has 0 bridgehead atoms. The van der Waals surface area contributed by atoms with Crippen LogP contribution >= 0.6 is 0 Å². The maximum Gasteiger partial charge on any atom is 0.573 e. The first-order valence-electron chi connectivity index (χ1n) is 7.50. The predicted molar refractivity (Wildman–Crippen MR) is 86.7 cm³/mol. The first-order chi connectivity index (χ1) is 12.3. The van der Waals surface area contributed by atoms with E-state index in [1.165, 1.54) is 18.2 Å². The summed E-state index contributed by atoms with van der Waals surface area (Å²) in [6.07, 6.45) is -2.64. The Hall–Kier alpha value is -3.03. The van der Waals surface area contributed by atoms with Crippen LogP contribution in [0.2, 0.25) is 0 Å². The number of alkyl carbamates (subject to hydrolysis) is 1. The van der Waals surface area contributed by atoms with Crippen LogP contribution in [0.15, 0.2) is 54.6 Å². The van der Waals surface area contributed by atoms with Crippen LogP contribution in [0.5, 0.6) is 5.75 Å². The molecule has 0 atom stereocenters. The van der Waals surface area contributed by atoms with E-state index >= 15 is 0 Å². The van der Waals surface area contributed by atoms with Gasteiger partial charge in [-0.15, -0.1) is 13.2 Å². The molecule has 0 saturated heterocycles. The summed E-state index contributed by atoms with van der Waals surface area (Å²) in [6.45, 7) is 0.234. The number of ether oxygens (including phenoxy) is 2. The van der Waals surface area contributed by atoms with Crippen LogP contribution in [-0.2, 0) is 11.3 Å². The van der Waals surface area contributed by atoms with Crippen molar-refractivity contribution < 1.29 is 31.8 Å². The van der Waals surface area contributed by atoms with Gasteiger partial charge in [-0.25, -0.2) is 9.18 Å². The molecule has 138 valence electrons. The lowest BCUT2D eigenvalue weighted by atomic mass is 10.2. The topological polar surface area (TPSA) is 47.6 Å². The fraction of sp³-hybridized carbons (Fsp3) is 0.167. The number of carbonyl (C=O) groups excluding carboxylic acids is 1.